The van der Waals surface area contributed by atoms with E-state index in [-0.39, 0.29) is 25.2 Å². The number of hydrogen-bond acceptors (Lipinski definition) is 7. The van der Waals surface area contributed by atoms with Gasteiger partial charge in [-0.1, -0.05) is 130 Å². The summed E-state index contributed by atoms with van der Waals surface area (Å²) in [5.41, 5.74) is 1.47. The number of hydrogen-bond donors (Lipinski definition) is 7. The second-order valence-electron chi connectivity index (χ2n) is 17.1. The molecule has 0 aliphatic carbocycles. The molecule has 2 aromatic rings. The summed E-state index contributed by atoms with van der Waals surface area (Å²) in [6.07, 6.45) is 0.356. The van der Waals surface area contributed by atoms with Gasteiger partial charge >= 0.3 is 0 Å². The standard InChI is InChI=1S/C44H65N7O7/c1-24(2)21-31-39(53)48-34(25(3)4)41(55)47-32(22-29-17-13-11-14-18-29)38(52)45-33(23-30-19-15-12-16-20-30)40(54)49-36(27(7)8)43(57)51-37(28(9)10)44(58)50-35(26(5)6)42(56)46-31/h11-20,24-28,31-37H,21-23H2,1-10H3,(H,45,52)(H,46,56)(H,47,55)(H,48,53)(H,49,54)(H,50,58)(H,51,57)/t31-,32+,33-,34+,35+,36+,37+/m0/s1. The van der Waals surface area contributed by atoms with Gasteiger partial charge in [-0.15, -0.1) is 0 Å². The van der Waals surface area contributed by atoms with Gasteiger partial charge < -0.3 is 37.2 Å². The maximum atomic E-state index is 14.3. The molecule has 1 fully saturated rings. The SMILES string of the molecule is CC(C)C[C@@H]1NC(=O)[C@@H](C(C)C)NC(=O)[C@@H](C(C)C)NC(=O)[C@@H](C(C)C)NC(=O)[C@H](Cc2ccccc2)NC(=O)[C@@H](Cc2ccccc2)NC(=O)[C@@H](C(C)C)NC1=O. The summed E-state index contributed by atoms with van der Waals surface area (Å²) in [6, 6.07) is 10.3. The molecule has 58 heavy (non-hydrogen) atoms. The molecule has 7 N–H and O–H groups in total. The third-order valence-corrected chi connectivity index (χ3v) is 10.2. The topological polar surface area (TPSA) is 204 Å². The first-order chi connectivity index (χ1) is 27.3. The third kappa shape index (κ3) is 14.0. The molecule has 0 bridgehead atoms. The summed E-state index contributed by atoms with van der Waals surface area (Å²) < 4.78 is 0. The van der Waals surface area contributed by atoms with Crippen LogP contribution in [0.15, 0.2) is 60.7 Å². The zero-order valence-electron chi connectivity index (χ0n) is 35.7. The van der Waals surface area contributed by atoms with E-state index in [0.29, 0.717) is 0 Å². The molecule has 1 aliphatic heterocycles. The van der Waals surface area contributed by atoms with Crippen LogP contribution in [-0.4, -0.2) is 83.6 Å². The van der Waals surface area contributed by atoms with Gasteiger partial charge in [-0.3, -0.25) is 33.6 Å². The van der Waals surface area contributed by atoms with Crippen LogP contribution < -0.4 is 37.2 Å². The van der Waals surface area contributed by atoms with E-state index in [2.05, 4.69) is 37.2 Å². The summed E-state index contributed by atoms with van der Waals surface area (Å²) in [5, 5.41) is 19.7. The Hall–Kier alpha value is -5.27. The average molecular weight is 804 g/mol. The first kappa shape index (κ1) is 47.1. The Kier molecular flexibility index (Phi) is 17.9. The Balaban J connectivity index is 2.18. The number of benzene rings is 2. The van der Waals surface area contributed by atoms with Crippen molar-refractivity contribution in [3.8, 4) is 0 Å². The minimum atomic E-state index is -1.18. The molecule has 7 atom stereocenters. The molecule has 1 heterocycles. The highest BCUT2D eigenvalue weighted by Gasteiger charge is 2.38. The molecule has 1 saturated heterocycles. The van der Waals surface area contributed by atoms with Crippen LogP contribution in [0, 0.1) is 29.6 Å². The quantitative estimate of drug-likeness (QED) is 0.191. The van der Waals surface area contributed by atoms with E-state index in [9.17, 15) is 33.6 Å². The monoisotopic (exact) mass is 803 g/mol. The van der Waals surface area contributed by atoms with E-state index >= 15 is 0 Å². The van der Waals surface area contributed by atoms with Crippen molar-refractivity contribution in [2.45, 2.75) is 131 Å². The lowest BCUT2D eigenvalue weighted by molar-refractivity contribution is -0.137. The minimum Gasteiger partial charge on any atom is -0.343 e. The fourth-order valence-electron chi connectivity index (χ4n) is 6.75. The highest BCUT2D eigenvalue weighted by molar-refractivity contribution is 5.99. The molecule has 0 spiro atoms. The molecular weight excluding hydrogens is 739 g/mol. The van der Waals surface area contributed by atoms with Gasteiger partial charge in [0.25, 0.3) is 0 Å². The van der Waals surface area contributed by atoms with E-state index in [4.69, 9.17) is 0 Å². The summed E-state index contributed by atoms with van der Waals surface area (Å²) in [5.74, 6) is -6.14. The van der Waals surface area contributed by atoms with Crippen molar-refractivity contribution in [2.24, 2.45) is 29.6 Å². The van der Waals surface area contributed by atoms with Crippen LogP contribution in [0.3, 0.4) is 0 Å². The summed E-state index contributed by atoms with van der Waals surface area (Å²) in [6.45, 7) is 17.8. The van der Waals surface area contributed by atoms with Crippen LogP contribution in [0.4, 0.5) is 0 Å². The Morgan fingerprint density at radius 2 is 0.621 bits per heavy atom. The van der Waals surface area contributed by atoms with Gasteiger partial charge in [0.1, 0.15) is 42.3 Å². The Labute approximate surface area is 343 Å². The van der Waals surface area contributed by atoms with E-state index in [1.54, 1.807) is 55.4 Å². The van der Waals surface area contributed by atoms with Crippen molar-refractivity contribution in [1.82, 2.24) is 37.2 Å². The van der Waals surface area contributed by atoms with Crippen molar-refractivity contribution >= 4 is 41.4 Å². The molecule has 7 amide bonds. The van der Waals surface area contributed by atoms with Crippen molar-refractivity contribution in [3.05, 3.63) is 71.8 Å². The summed E-state index contributed by atoms with van der Waals surface area (Å²) in [7, 11) is 0. The molecule has 1 aliphatic rings. The van der Waals surface area contributed by atoms with Crippen LogP contribution in [0.2, 0.25) is 0 Å². The maximum Gasteiger partial charge on any atom is 0.243 e. The van der Waals surface area contributed by atoms with Crippen LogP contribution in [0.1, 0.15) is 86.8 Å². The van der Waals surface area contributed by atoms with Gasteiger partial charge in [0.05, 0.1) is 0 Å². The number of amides is 7. The highest BCUT2D eigenvalue weighted by atomic mass is 16.2. The van der Waals surface area contributed by atoms with E-state index in [0.717, 1.165) is 11.1 Å². The second kappa shape index (κ2) is 22.0. The molecule has 14 nitrogen and oxygen atoms in total. The Bertz CT molecular complexity index is 1710. The largest absolute Gasteiger partial charge is 0.343 e. The fourth-order valence-corrected chi connectivity index (χ4v) is 6.75. The summed E-state index contributed by atoms with van der Waals surface area (Å²) in [4.78, 5) is 98.5. The van der Waals surface area contributed by atoms with E-state index < -0.39 is 107 Å². The predicted octanol–water partition coefficient (Wildman–Crippen LogP) is 2.55. The third-order valence-electron chi connectivity index (χ3n) is 10.2. The van der Waals surface area contributed by atoms with Gasteiger partial charge in [0.15, 0.2) is 0 Å². The Morgan fingerprint density at radius 3 is 0.948 bits per heavy atom. The van der Waals surface area contributed by atoms with E-state index in [1.807, 2.05) is 74.5 Å². The van der Waals surface area contributed by atoms with Crippen molar-refractivity contribution in [1.29, 1.82) is 0 Å². The van der Waals surface area contributed by atoms with Gasteiger partial charge in [-0.05, 0) is 47.1 Å². The smallest absolute Gasteiger partial charge is 0.243 e. The van der Waals surface area contributed by atoms with Gasteiger partial charge in [0, 0.05) is 12.8 Å². The lowest BCUT2D eigenvalue weighted by Crippen LogP contribution is -2.62. The lowest BCUT2D eigenvalue weighted by atomic mass is 9.96. The van der Waals surface area contributed by atoms with Gasteiger partial charge in [-0.25, -0.2) is 0 Å². The second-order valence-corrected chi connectivity index (χ2v) is 17.1. The lowest BCUT2D eigenvalue weighted by Gasteiger charge is -2.31. The van der Waals surface area contributed by atoms with E-state index in [1.165, 1.54) is 0 Å². The average Bonchev–Trinajstić information content (AvgIpc) is 3.15. The molecule has 14 heteroatoms. The molecule has 0 aromatic heterocycles. The van der Waals surface area contributed by atoms with Gasteiger partial charge in [0.2, 0.25) is 41.4 Å². The molecule has 0 unspecified atom stereocenters. The molecule has 3 rings (SSSR count). The highest BCUT2D eigenvalue weighted by Crippen LogP contribution is 2.14. The molecule has 0 radical (unpaired) electrons. The molecular formula is C44H65N7O7. The zero-order chi connectivity index (χ0) is 43.3. The van der Waals surface area contributed by atoms with Crippen LogP contribution in [0.25, 0.3) is 0 Å². The zero-order valence-corrected chi connectivity index (χ0v) is 35.7. The van der Waals surface area contributed by atoms with Crippen LogP contribution in [0.5, 0.6) is 0 Å². The number of carbonyl (C=O) groups is 7. The number of rotatable bonds is 10. The number of carbonyl (C=O) groups excluding carboxylic acids is 7. The fraction of sp³-hybridized carbons (Fsp3) is 0.568. The van der Waals surface area contributed by atoms with Crippen molar-refractivity contribution in [2.75, 3.05) is 0 Å². The van der Waals surface area contributed by atoms with Gasteiger partial charge in [-0.2, -0.15) is 0 Å². The molecule has 318 valence electrons. The summed E-state index contributed by atoms with van der Waals surface area (Å²) >= 11 is 0. The normalized spacial score (nSPS) is 25.0. The number of nitrogens with one attached hydrogen (secondary N) is 7. The van der Waals surface area contributed by atoms with Crippen molar-refractivity contribution < 1.29 is 33.6 Å². The first-order valence-electron chi connectivity index (χ1n) is 20.5. The van der Waals surface area contributed by atoms with Crippen LogP contribution in [-0.2, 0) is 46.4 Å². The first-order valence-corrected chi connectivity index (χ1v) is 20.5. The van der Waals surface area contributed by atoms with Crippen molar-refractivity contribution in [3.63, 3.8) is 0 Å². The Morgan fingerprint density at radius 1 is 0.362 bits per heavy atom. The predicted molar refractivity (Wildman–Crippen MR) is 223 cm³/mol. The molecule has 0 saturated carbocycles. The maximum absolute atomic E-state index is 14.3. The van der Waals surface area contributed by atoms with Crippen LogP contribution >= 0.6 is 0 Å². The minimum absolute atomic E-state index is 0.0440. The molecule has 2 aromatic carbocycles.